The minimum Gasteiger partial charge on any atom is -0.386 e. The Kier molecular flexibility index (Phi) is 5.73. The first kappa shape index (κ1) is 23.0. The summed E-state index contributed by atoms with van der Waals surface area (Å²) in [6.07, 6.45) is 1.46. The number of nitrogens with two attached hydrogens (primary N) is 1. The molecule has 0 amide bonds. The van der Waals surface area contributed by atoms with Crippen molar-refractivity contribution >= 4 is 50.2 Å². The van der Waals surface area contributed by atoms with Crippen LogP contribution in [-0.4, -0.2) is 47.9 Å². The maximum absolute atomic E-state index is 14.8. The number of benzene rings is 1. The normalized spacial score (nSPS) is 26.7. The molecule has 7 nitrogen and oxygen atoms in total. The van der Waals surface area contributed by atoms with E-state index in [-0.39, 0.29) is 46.7 Å². The number of hydrogen-bond acceptors (Lipinski definition) is 7. The second kappa shape index (κ2) is 7.98. The summed E-state index contributed by atoms with van der Waals surface area (Å²) in [7, 11) is -3.80. The van der Waals surface area contributed by atoms with Crippen molar-refractivity contribution in [1.29, 1.82) is 0 Å². The molecule has 0 saturated carbocycles. The van der Waals surface area contributed by atoms with Gasteiger partial charge >= 0.3 is 0 Å². The number of pyridine rings is 1. The maximum Gasteiger partial charge on any atom is 0.168 e. The molecular weight excluding hydrogens is 482 g/mol. The summed E-state index contributed by atoms with van der Waals surface area (Å²) >= 11 is 10.9. The van der Waals surface area contributed by atoms with E-state index >= 15 is 0 Å². The van der Waals surface area contributed by atoms with Gasteiger partial charge in [-0.05, 0) is 37.6 Å². The summed E-state index contributed by atoms with van der Waals surface area (Å²) < 4.78 is 59.2. The molecule has 2 aliphatic rings. The van der Waals surface area contributed by atoms with Crippen molar-refractivity contribution in [1.82, 2.24) is 4.98 Å². The van der Waals surface area contributed by atoms with Gasteiger partial charge in [0.15, 0.2) is 20.4 Å². The molecule has 0 radical (unpaired) electrons. The van der Waals surface area contributed by atoms with Crippen LogP contribution in [0.4, 0.5) is 14.5 Å². The van der Waals surface area contributed by atoms with E-state index in [4.69, 9.17) is 34.3 Å². The number of anilines is 1. The van der Waals surface area contributed by atoms with Crippen LogP contribution in [0.1, 0.15) is 24.6 Å². The van der Waals surface area contributed by atoms with E-state index in [2.05, 4.69) is 15.3 Å². The zero-order chi connectivity index (χ0) is 23.3. The van der Waals surface area contributed by atoms with E-state index < -0.39 is 37.5 Å². The third-order valence-corrected chi connectivity index (χ3v) is 8.88. The number of aromatic nitrogens is 1. The third-order valence-electron chi connectivity index (χ3n) is 5.71. The Morgan fingerprint density at radius 1 is 1.31 bits per heavy atom. The predicted octanol–water partition coefficient (Wildman–Crippen LogP) is 2.96. The molecule has 32 heavy (non-hydrogen) atoms. The fourth-order valence-corrected chi connectivity index (χ4v) is 6.66. The summed E-state index contributed by atoms with van der Waals surface area (Å²) in [6, 6.07) is 4.99. The van der Waals surface area contributed by atoms with Crippen LogP contribution in [0.25, 0.3) is 0 Å². The summed E-state index contributed by atoms with van der Waals surface area (Å²) in [5.74, 6) is -1.92. The predicted molar refractivity (Wildman–Crippen MR) is 122 cm³/mol. The molecule has 0 unspecified atom stereocenters. The lowest BCUT2D eigenvalue weighted by molar-refractivity contribution is 0.194. The fourth-order valence-electron chi connectivity index (χ4n) is 3.99. The number of aliphatic imine (C=N–C) groups is 1. The number of nitrogens with zero attached hydrogens (tertiary/aromatic N) is 2. The molecule has 1 fully saturated rings. The Balaban J connectivity index is 1.70. The van der Waals surface area contributed by atoms with Gasteiger partial charge in [0.2, 0.25) is 0 Å². The van der Waals surface area contributed by atoms with Crippen LogP contribution in [0.3, 0.4) is 0 Å². The van der Waals surface area contributed by atoms with Gasteiger partial charge in [-0.3, -0.25) is 4.99 Å². The fraction of sp³-hybridized carbons (Fsp3) is 0.350. The topological polar surface area (TPSA) is 107 Å². The number of thiocarbonyl (C=S) groups is 1. The van der Waals surface area contributed by atoms with E-state index in [1.165, 1.54) is 25.3 Å². The van der Waals surface area contributed by atoms with Crippen LogP contribution in [-0.2, 0) is 20.1 Å². The van der Waals surface area contributed by atoms with Crippen LogP contribution in [0, 0.1) is 11.6 Å². The van der Waals surface area contributed by atoms with Gasteiger partial charge in [0, 0.05) is 24.1 Å². The van der Waals surface area contributed by atoms with Crippen LogP contribution in [0.15, 0.2) is 35.5 Å². The van der Waals surface area contributed by atoms with Crippen molar-refractivity contribution in [3.8, 4) is 0 Å². The summed E-state index contributed by atoms with van der Waals surface area (Å²) in [6.45, 7) is 1.69. The van der Waals surface area contributed by atoms with Crippen molar-refractivity contribution in [2.75, 3.05) is 24.3 Å². The van der Waals surface area contributed by atoms with Crippen molar-refractivity contribution in [2.45, 2.75) is 23.6 Å². The summed E-state index contributed by atoms with van der Waals surface area (Å²) in [5.41, 5.74) is 4.82. The van der Waals surface area contributed by atoms with E-state index in [0.29, 0.717) is 5.69 Å². The standard InChI is InChI=1S/C20H19ClF2N4O3S2/c1-19(10-32(28,29)20(18(24)27-19)4-5-30-9-20)13-7-12(2-3-14(13)22)26-17(31)16-15(23)6-11(21)8-25-16/h2-3,6-8H,4-5,9-10H2,1H3,(H2,24,27)(H,26,31)/t19-,20+/m0/s1. The molecule has 2 atom stereocenters. The van der Waals surface area contributed by atoms with Gasteiger partial charge in [0.05, 0.1) is 17.4 Å². The highest BCUT2D eigenvalue weighted by Gasteiger charge is 2.57. The van der Waals surface area contributed by atoms with E-state index in [9.17, 15) is 17.2 Å². The SMILES string of the molecule is C[C@@]1(c2cc(NC(=S)c3ncc(Cl)cc3F)ccc2F)CS(=O)(=O)[C@@]2(CCOC2)C(N)=N1. The smallest absolute Gasteiger partial charge is 0.168 e. The average Bonchev–Trinajstić information content (AvgIpc) is 3.19. The van der Waals surface area contributed by atoms with E-state index in [0.717, 1.165) is 12.1 Å². The first-order valence-electron chi connectivity index (χ1n) is 9.56. The highest BCUT2D eigenvalue weighted by Crippen LogP contribution is 2.41. The van der Waals surface area contributed by atoms with Gasteiger partial charge in [-0.25, -0.2) is 22.2 Å². The van der Waals surface area contributed by atoms with Crippen molar-refractivity contribution in [2.24, 2.45) is 10.7 Å². The maximum atomic E-state index is 14.8. The highest BCUT2D eigenvalue weighted by molar-refractivity contribution is 7.93. The number of ether oxygens (including phenoxy) is 1. The van der Waals surface area contributed by atoms with Gasteiger partial charge in [-0.1, -0.05) is 23.8 Å². The first-order valence-corrected chi connectivity index (χ1v) is 12.0. The second-order valence-electron chi connectivity index (χ2n) is 7.96. The zero-order valence-electron chi connectivity index (χ0n) is 16.9. The molecule has 3 heterocycles. The Morgan fingerprint density at radius 3 is 2.69 bits per heavy atom. The Bertz CT molecular complexity index is 1250. The molecule has 1 saturated heterocycles. The van der Waals surface area contributed by atoms with Crippen LogP contribution in [0.5, 0.6) is 0 Å². The second-order valence-corrected chi connectivity index (χ2v) is 11.1. The third kappa shape index (κ3) is 3.76. The van der Waals surface area contributed by atoms with Gasteiger partial charge in [0.1, 0.15) is 27.9 Å². The monoisotopic (exact) mass is 500 g/mol. The minimum absolute atomic E-state index is 0.00938. The molecule has 1 aromatic heterocycles. The van der Waals surface area contributed by atoms with Crippen molar-refractivity contribution < 1.29 is 21.9 Å². The molecule has 2 aliphatic heterocycles. The quantitative estimate of drug-likeness (QED) is 0.624. The number of amidine groups is 1. The molecule has 1 aromatic carbocycles. The lowest BCUT2D eigenvalue weighted by Crippen LogP contribution is -2.58. The average molecular weight is 501 g/mol. The number of sulfone groups is 1. The molecule has 1 spiro atoms. The van der Waals surface area contributed by atoms with Gasteiger partial charge in [-0.2, -0.15) is 0 Å². The number of halogens is 3. The van der Waals surface area contributed by atoms with Crippen LogP contribution < -0.4 is 11.1 Å². The lowest BCUT2D eigenvalue weighted by atomic mass is 9.92. The molecule has 12 heteroatoms. The molecule has 3 N–H and O–H groups in total. The number of nitrogens with one attached hydrogen (secondary N) is 1. The van der Waals surface area contributed by atoms with Crippen molar-refractivity contribution in [3.63, 3.8) is 0 Å². The molecule has 0 aliphatic carbocycles. The number of rotatable bonds is 3. The molecule has 0 bridgehead atoms. The molecule has 4 rings (SSSR count). The molecule has 170 valence electrons. The summed E-state index contributed by atoms with van der Waals surface area (Å²) in [5, 5.41) is 2.91. The van der Waals surface area contributed by atoms with E-state index in [1.54, 1.807) is 0 Å². The van der Waals surface area contributed by atoms with Crippen LogP contribution >= 0.6 is 23.8 Å². The number of hydrogen-bond donors (Lipinski definition) is 2. The van der Waals surface area contributed by atoms with E-state index in [1.807, 2.05) is 0 Å². The lowest BCUT2D eigenvalue weighted by Gasteiger charge is -2.39. The Morgan fingerprint density at radius 2 is 2.06 bits per heavy atom. The zero-order valence-corrected chi connectivity index (χ0v) is 19.3. The minimum atomic E-state index is -3.80. The van der Waals surface area contributed by atoms with Crippen LogP contribution in [0.2, 0.25) is 5.02 Å². The summed E-state index contributed by atoms with van der Waals surface area (Å²) in [4.78, 5) is 8.25. The largest absolute Gasteiger partial charge is 0.386 e. The highest BCUT2D eigenvalue weighted by atomic mass is 35.5. The Hall–Kier alpha value is -2.21. The van der Waals surface area contributed by atoms with Gasteiger partial charge in [0.25, 0.3) is 0 Å². The molecular formula is C20H19ClF2N4O3S2. The Labute approximate surface area is 193 Å². The van der Waals surface area contributed by atoms with Gasteiger partial charge < -0.3 is 15.8 Å². The van der Waals surface area contributed by atoms with Gasteiger partial charge in [-0.15, -0.1) is 0 Å². The molecule has 2 aromatic rings. The van der Waals surface area contributed by atoms with Crippen molar-refractivity contribution in [3.05, 3.63) is 58.4 Å². The first-order chi connectivity index (χ1) is 15.0.